The Labute approximate surface area is 143 Å². The van der Waals surface area contributed by atoms with Crippen LogP contribution in [0.5, 0.6) is 11.8 Å². The Hall–Kier alpha value is -2.57. The van der Waals surface area contributed by atoms with Crippen molar-refractivity contribution in [2.45, 2.75) is 18.4 Å². The standard InChI is InChI=1S/C18H15N3O2S/c1-13-11-17(20-18(19-13)23-15-8-3-2-4-9-15)21-12-14-7-5-6-10-16(14)24(21)22/h2-11H,12H2,1H3. The van der Waals surface area contributed by atoms with Crippen molar-refractivity contribution in [1.82, 2.24) is 9.97 Å². The predicted molar refractivity (Wildman–Crippen MR) is 92.3 cm³/mol. The molecule has 1 unspecified atom stereocenters. The van der Waals surface area contributed by atoms with E-state index in [2.05, 4.69) is 9.97 Å². The van der Waals surface area contributed by atoms with Gasteiger partial charge in [-0.25, -0.2) is 4.98 Å². The number of anilines is 1. The first-order valence-corrected chi connectivity index (χ1v) is 8.67. The molecule has 6 heteroatoms. The molecule has 120 valence electrons. The van der Waals surface area contributed by atoms with Crippen LogP contribution in [0.3, 0.4) is 0 Å². The molecule has 3 aromatic rings. The second-order valence-electron chi connectivity index (χ2n) is 5.46. The Morgan fingerprint density at radius 2 is 1.79 bits per heavy atom. The quantitative estimate of drug-likeness (QED) is 0.683. The van der Waals surface area contributed by atoms with E-state index in [4.69, 9.17) is 4.74 Å². The van der Waals surface area contributed by atoms with Crippen molar-refractivity contribution in [2.75, 3.05) is 4.31 Å². The predicted octanol–water partition coefficient (Wildman–Crippen LogP) is 3.62. The summed E-state index contributed by atoms with van der Waals surface area (Å²) in [6.07, 6.45) is 0. The summed E-state index contributed by atoms with van der Waals surface area (Å²) >= 11 is -1.26. The maximum absolute atomic E-state index is 12.7. The number of benzene rings is 2. The van der Waals surface area contributed by atoms with Crippen LogP contribution in [0.2, 0.25) is 0 Å². The van der Waals surface area contributed by atoms with Gasteiger partial charge in [0.15, 0.2) is 10.7 Å². The molecule has 1 aromatic heterocycles. The molecule has 0 fully saturated rings. The molecule has 0 bridgehead atoms. The summed E-state index contributed by atoms with van der Waals surface area (Å²) in [7, 11) is 0. The third-order valence-corrected chi connectivity index (χ3v) is 5.19. The van der Waals surface area contributed by atoms with Gasteiger partial charge in [-0.15, -0.1) is 0 Å². The number of fused-ring (bicyclic) bond motifs is 1. The van der Waals surface area contributed by atoms with Crippen molar-refractivity contribution in [3.05, 3.63) is 71.9 Å². The molecule has 2 aromatic carbocycles. The van der Waals surface area contributed by atoms with E-state index >= 15 is 0 Å². The largest absolute Gasteiger partial charge is 0.588 e. The molecule has 2 heterocycles. The minimum Gasteiger partial charge on any atom is -0.588 e. The van der Waals surface area contributed by atoms with Gasteiger partial charge in [0, 0.05) is 17.3 Å². The van der Waals surface area contributed by atoms with Gasteiger partial charge in [0.1, 0.15) is 17.1 Å². The van der Waals surface area contributed by atoms with Crippen molar-refractivity contribution in [3.8, 4) is 11.8 Å². The van der Waals surface area contributed by atoms with E-state index in [0.717, 1.165) is 16.2 Å². The molecule has 0 saturated carbocycles. The third-order valence-electron chi connectivity index (χ3n) is 3.70. The maximum atomic E-state index is 12.7. The molecular formula is C18H15N3O2S. The fourth-order valence-corrected chi connectivity index (χ4v) is 3.90. The highest BCUT2D eigenvalue weighted by molar-refractivity contribution is 7.93. The number of hydrogen-bond acceptors (Lipinski definition) is 5. The van der Waals surface area contributed by atoms with Crippen LogP contribution >= 0.6 is 0 Å². The molecule has 24 heavy (non-hydrogen) atoms. The van der Waals surface area contributed by atoms with E-state index in [-0.39, 0.29) is 6.01 Å². The SMILES string of the molecule is Cc1cc(N2Cc3ccccc3[S+]2[O-])nc(Oc2ccccc2)n1. The molecule has 1 atom stereocenters. The van der Waals surface area contributed by atoms with Crippen LogP contribution in [-0.4, -0.2) is 14.5 Å². The van der Waals surface area contributed by atoms with Crippen LogP contribution in [0.25, 0.3) is 0 Å². The van der Waals surface area contributed by atoms with Crippen molar-refractivity contribution in [3.63, 3.8) is 0 Å². The van der Waals surface area contributed by atoms with Crippen LogP contribution in [-0.2, 0) is 17.9 Å². The molecule has 0 N–H and O–H groups in total. The fraction of sp³-hybridized carbons (Fsp3) is 0.111. The monoisotopic (exact) mass is 337 g/mol. The summed E-state index contributed by atoms with van der Waals surface area (Å²) < 4.78 is 20.2. The van der Waals surface area contributed by atoms with Crippen LogP contribution in [0.15, 0.2) is 65.6 Å². The molecule has 0 spiro atoms. The number of aromatic nitrogens is 2. The lowest BCUT2D eigenvalue weighted by atomic mass is 10.2. The summed E-state index contributed by atoms with van der Waals surface area (Å²) in [5.74, 6) is 1.27. The lowest BCUT2D eigenvalue weighted by molar-refractivity contribution is 0.440. The lowest BCUT2D eigenvalue weighted by Crippen LogP contribution is -2.25. The second-order valence-corrected chi connectivity index (χ2v) is 6.84. The molecule has 5 nitrogen and oxygen atoms in total. The van der Waals surface area contributed by atoms with E-state index in [9.17, 15) is 4.55 Å². The van der Waals surface area contributed by atoms with Crippen LogP contribution in [0, 0.1) is 6.92 Å². The first-order chi connectivity index (χ1) is 11.7. The van der Waals surface area contributed by atoms with Crippen LogP contribution in [0.4, 0.5) is 5.82 Å². The fourth-order valence-electron chi connectivity index (χ4n) is 2.60. The first-order valence-electron chi connectivity index (χ1n) is 7.56. The van der Waals surface area contributed by atoms with E-state index in [1.165, 1.54) is 0 Å². The summed E-state index contributed by atoms with van der Waals surface area (Å²) in [6, 6.07) is 19.2. The van der Waals surface area contributed by atoms with Gasteiger partial charge in [-0.2, -0.15) is 9.29 Å². The molecule has 1 aliphatic rings. The van der Waals surface area contributed by atoms with Gasteiger partial charge < -0.3 is 9.29 Å². The van der Waals surface area contributed by atoms with Gasteiger partial charge in [0.2, 0.25) is 0 Å². The lowest BCUT2D eigenvalue weighted by Gasteiger charge is -2.18. The Balaban J connectivity index is 1.65. The van der Waals surface area contributed by atoms with E-state index in [1.807, 2.05) is 67.6 Å². The average Bonchev–Trinajstić information content (AvgIpc) is 2.93. The van der Waals surface area contributed by atoms with Crippen LogP contribution in [0.1, 0.15) is 11.3 Å². The highest BCUT2D eigenvalue weighted by Gasteiger charge is 2.35. The summed E-state index contributed by atoms with van der Waals surface area (Å²) in [5.41, 5.74) is 1.82. The van der Waals surface area contributed by atoms with Gasteiger partial charge >= 0.3 is 6.01 Å². The Bertz CT molecular complexity index is 873. The van der Waals surface area contributed by atoms with Crippen molar-refractivity contribution >= 4 is 17.2 Å². The van der Waals surface area contributed by atoms with Gasteiger partial charge in [0.05, 0.1) is 6.54 Å². The van der Waals surface area contributed by atoms with Crippen molar-refractivity contribution in [2.24, 2.45) is 0 Å². The van der Waals surface area contributed by atoms with Crippen molar-refractivity contribution in [1.29, 1.82) is 0 Å². The molecule has 0 amide bonds. The van der Waals surface area contributed by atoms with Gasteiger partial charge in [-0.3, -0.25) is 0 Å². The highest BCUT2D eigenvalue weighted by Crippen LogP contribution is 2.34. The van der Waals surface area contributed by atoms with Gasteiger partial charge in [-0.05, 0) is 25.1 Å². The summed E-state index contributed by atoms with van der Waals surface area (Å²) in [4.78, 5) is 9.59. The van der Waals surface area contributed by atoms with Gasteiger partial charge in [-0.1, -0.05) is 36.4 Å². The number of ether oxygens (including phenoxy) is 1. The third kappa shape index (κ3) is 2.81. The maximum Gasteiger partial charge on any atom is 0.324 e. The molecule has 4 rings (SSSR count). The van der Waals surface area contributed by atoms with E-state index < -0.39 is 11.4 Å². The van der Waals surface area contributed by atoms with Crippen LogP contribution < -0.4 is 9.04 Å². The van der Waals surface area contributed by atoms with Crippen molar-refractivity contribution < 1.29 is 9.29 Å². The molecular weight excluding hydrogens is 322 g/mol. The molecule has 0 saturated heterocycles. The topological polar surface area (TPSA) is 61.3 Å². The number of aryl methyl sites for hydroxylation is 1. The zero-order valence-electron chi connectivity index (χ0n) is 13.0. The zero-order valence-corrected chi connectivity index (χ0v) is 13.9. The molecule has 0 radical (unpaired) electrons. The first kappa shape index (κ1) is 15.0. The van der Waals surface area contributed by atoms with Gasteiger partial charge in [0.25, 0.3) is 0 Å². The minimum absolute atomic E-state index is 0.254. The highest BCUT2D eigenvalue weighted by atomic mass is 32.2. The Morgan fingerprint density at radius 3 is 2.58 bits per heavy atom. The second kappa shape index (κ2) is 6.14. The molecule has 1 aliphatic heterocycles. The van der Waals surface area contributed by atoms with E-state index in [1.54, 1.807) is 4.31 Å². The summed E-state index contributed by atoms with van der Waals surface area (Å²) in [6.45, 7) is 2.43. The number of rotatable bonds is 3. The average molecular weight is 337 g/mol. The number of para-hydroxylation sites is 1. The summed E-state index contributed by atoms with van der Waals surface area (Å²) in [5, 5.41) is 0. The Kier molecular flexibility index (Phi) is 3.84. The van der Waals surface area contributed by atoms with E-state index in [0.29, 0.717) is 18.1 Å². The Morgan fingerprint density at radius 1 is 1.04 bits per heavy atom. The normalized spacial score (nSPS) is 16.1. The minimum atomic E-state index is -1.26. The molecule has 0 aliphatic carbocycles. The zero-order chi connectivity index (χ0) is 16.5. The number of hydrogen-bond donors (Lipinski definition) is 0. The number of nitrogens with zero attached hydrogens (tertiary/aromatic N) is 3. The smallest absolute Gasteiger partial charge is 0.324 e.